The molecule has 0 bridgehead atoms. The molecule has 2 aliphatic rings. The minimum absolute atomic E-state index is 1.08. The van der Waals surface area contributed by atoms with Gasteiger partial charge in [-0.05, 0) is 72.5 Å². The fourth-order valence-electron chi connectivity index (χ4n) is 3.16. The quantitative estimate of drug-likeness (QED) is 0.369. The molecule has 0 unspecified atom stereocenters. The number of allylic oxidation sites excluding steroid dienone is 12. The summed E-state index contributed by atoms with van der Waals surface area (Å²) >= 11 is 0. The van der Waals surface area contributed by atoms with E-state index in [-0.39, 0.29) is 0 Å². The van der Waals surface area contributed by atoms with Crippen LogP contribution in [0.3, 0.4) is 0 Å². The van der Waals surface area contributed by atoms with E-state index >= 15 is 0 Å². The van der Waals surface area contributed by atoms with Crippen molar-refractivity contribution >= 4 is 5.57 Å². The molecule has 0 saturated carbocycles. The van der Waals surface area contributed by atoms with Crippen molar-refractivity contribution in [2.75, 3.05) is 0 Å². The van der Waals surface area contributed by atoms with Gasteiger partial charge in [0.25, 0.3) is 0 Å². The fraction of sp³-hybridized carbons (Fsp3) is 0.259. The highest BCUT2D eigenvalue weighted by Gasteiger charge is 2.10. The Morgan fingerprint density at radius 3 is 2.41 bits per heavy atom. The molecule has 27 heavy (non-hydrogen) atoms. The van der Waals surface area contributed by atoms with Gasteiger partial charge in [0.15, 0.2) is 0 Å². The Kier molecular flexibility index (Phi) is 8.58. The zero-order valence-electron chi connectivity index (χ0n) is 16.9. The van der Waals surface area contributed by atoms with Gasteiger partial charge in [-0.1, -0.05) is 86.4 Å². The van der Waals surface area contributed by atoms with Crippen LogP contribution in [0, 0.1) is 0 Å². The van der Waals surface area contributed by atoms with E-state index in [1.54, 1.807) is 0 Å². The van der Waals surface area contributed by atoms with E-state index in [2.05, 4.69) is 93.8 Å². The van der Waals surface area contributed by atoms with Gasteiger partial charge in [0.2, 0.25) is 0 Å². The van der Waals surface area contributed by atoms with Crippen LogP contribution in [0.4, 0.5) is 0 Å². The van der Waals surface area contributed by atoms with Gasteiger partial charge in [-0.15, -0.1) is 6.58 Å². The molecule has 1 aromatic carbocycles. The van der Waals surface area contributed by atoms with Gasteiger partial charge >= 0.3 is 0 Å². The summed E-state index contributed by atoms with van der Waals surface area (Å²) in [6.07, 6.45) is 20.9. The lowest BCUT2D eigenvalue weighted by atomic mass is 9.89. The predicted octanol–water partition coefficient (Wildman–Crippen LogP) is 8.15. The van der Waals surface area contributed by atoms with Crippen molar-refractivity contribution in [3.63, 3.8) is 0 Å². The lowest BCUT2D eigenvalue weighted by Crippen LogP contribution is -1.96. The average Bonchev–Trinajstić information content (AvgIpc) is 2.75. The van der Waals surface area contributed by atoms with Crippen molar-refractivity contribution in [1.82, 2.24) is 0 Å². The van der Waals surface area contributed by atoms with Crippen molar-refractivity contribution in [3.8, 4) is 0 Å². The molecule has 0 aromatic heterocycles. The van der Waals surface area contributed by atoms with Crippen molar-refractivity contribution in [3.05, 3.63) is 114 Å². The number of hydrogen-bond acceptors (Lipinski definition) is 0. The first kappa shape index (κ1) is 20.7. The molecule has 0 aliphatic heterocycles. The van der Waals surface area contributed by atoms with Crippen LogP contribution in [-0.4, -0.2) is 0 Å². The van der Waals surface area contributed by atoms with Crippen LogP contribution in [0.2, 0.25) is 0 Å². The molecule has 0 saturated heterocycles. The van der Waals surface area contributed by atoms with Gasteiger partial charge in [-0.25, -0.2) is 0 Å². The molecule has 0 N–H and O–H groups in total. The molecule has 0 atom stereocenters. The Hall–Kier alpha value is -2.60. The smallest absolute Gasteiger partial charge is 0.0187 e. The van der Waals surface area contributed by atoms with E-state index in [9.17, 15) is 0 Å². The Balaban J connectivity index is 0.000000596. The third-order valence-corrected chi connectivity index (χ3v) is 4.83. The summed E-state index contributed by atoms with van der Waals surface area (Å²) in [4.78, 5) is 0. The number of hydrogen-bond donors (Lipinski definition) is 0. The monoisotopic (exact) mass is 356 g/mol. The highest BCUT2D eigenvalue weighted by Crippen LogP contribution is 2.30. The molecule has 0 amide bonds. The van der Waals surface area contributed by atoms with Crippen molar-refractivity contribution < 1.29 is 0 Å². The van der Waals surface area contributed by atoms with E-state index in [1.807, 2.05) is 6.08 Å². The molecule has 0 spiro atoms. The Bertz CT molecular complexity index is 792. The summed E-state index contributed by atoms with van der Waals surface area (Å²) in [5, 5.41) is 0. The van der Waals surface area contributed by atoms with Gasteiger partial charge in [0.1, 0.15) is 0 Å². The maximum Gasteiger partial charge on any atom is -0.0187 e. The SMILES string of the molecule is C=C(/C=C(\C)C1=CC=CCC1)C1=CC(c2ccccc2)=CCC1.C=CCC. The predicted molar refractivity (Wildman–Crippen MR) is 122 cm³/mol. The fourth-order valence-corrected chi connectivity index (χ4v) is 3.16. The van der Waals surface area contributed by atoms with Crippen LogP contribution < -0.4 is 0 Å². The molecule has 0 nitrogen and oxygen atoms in total. The summed E-state index contributed by atoms with van der Waals surface area (Å²) in [5.41, 5.74) is 7.90. The molecule has 0 fully saturated rings. The first-order chi connectivity index (χ1) is 13.2. The normalized spacial score (nSPS) is 16.4. The van der Waals surface area contributed by atoms with Crippen LogP contribution in [0.5, 0.6) is 0 Å². The highest BCUT2D eigenvalue weighted by atomic mass is 14.1. The molecule has 140 valence electrons. The first-order valence-corrected chi connectivity index (χ1v) is 9.96. The minimum Gasteiger partial charge on any atom is -0.103 e. The van der Waals surface area contributed by atoms with Gasteiger partial charge in [-0.2, -0.15) is 0 Å². The summed E-state index contributed by atoms with van der Waals surface area (Å²) < 4.78 is 0. The highest BCUT2D eigenvalue weighted by molar-refractivity contribution is 5.77. The van der Waals surface area contributed by atoms with E-state index in [0.29, 0.717) is 0 Å². The first-order valence-electron chi connectivity index (χ1n) is 9.96. The van der Waals surface area contributed by atoms with E-state index in [0.717, 1.165) is 37.7 Å². The van der Waals surface area contributed by atoms with Crippen LogP contribution in [0.15, 0.2) is 108 Å². The molecular weight excluding hydrogens is 324 g/mol. The third kappa shape index (κ3) is 6.57. The zero-order valence-corrected chi connectivity index (χ0v) is 16.9. The molecule has 3 rings (SSSR count). The molecular formula is C27H32. The number of benzene rings is 1. The lowest BCUT2D eigenvalue weighted by molar-refractivity contribution is 0.962. The van der Waals surface area contributed by atoms with Gasteiger partial charge in [-0.3, -0.25) is 0 Å². The van der Waals surface area contributed by atoms with E-state index in [4.69, 9.17) is 0 Å². The average molecular weight is 357 g/mol. The Labute approximate surface area is 165 Å². The third-order valence-electron chi connectivity index (χ3n) is 4.83. The van der Waals surface area contributed by atoms with Gasteiger partial charge in [0.05, 0.1) is 0 Å². The Morgan fingerprint density at radius 2 is 1.78 bits per heavy atom. The molecule has 0 heterocycles. The second-order valence-corrected chi connectivity index (χ2v) is 6.94. The summed E-state index contributed by atoms with van der Waals surface area (Å²) in [5.74, 6) is 0. The maximum absolute atomic E-state index is 4.32. The van der Waals surface area contributed by atoms with E-state index < -0.39 is 0 Å². The Morgan fingerprint density at radius 1 is 1.07 bits per heavy atom. The van der Waals surface area contributed by atoms with E-state index in [1.165, 1.54) is 27.9 Å². The zero-order chi connectivity index (χ0) is 19.5. The van der Waals surface area contributed by atoms with Crippen LogP contribution in [0.1, 0.15) is 51.5 Å². The van der Waals surface area contributed by atoms with Crippen molar-refractivity contribution in [2.24, 2.45) is 0 Å². The minimum atomic E-state index is 1.08. The van der Waals surface area contributed by atoms with Crippen molar-refractivity contribution in [1.29, 1.82) is 0 Å². The lowest BCUT2D eigenvalue weighted by Gasteiger charge is -2.16. The largest absolute Gasteiger partial charge is 0.103 e. The topological polar surface area (TPSA) is 0 Å². The summed E-state index contributed by atoms with van der Waals surface area (Å²) in [6, 6.07) is 10.6. The van der Waals surface area contributed by atoms with Crippen LogP contribution >= 0.6 is 0 Å². The van der Waals surface area contributed by atoms with Crippen LogP contribution in [-0.2, 0) is 0 Å². The second kappa shape index (κ2) is 11.2. The maximum atomic E-state index is 4.32. The molecule has 1 aromatic rings. The van der Waals surface area contributed by atoms with Crippen LogP contribution in [0.25, 0.3) is 5.57 Å². The molecule has 0 radical (unpaired) electrons. The molecule has 0 heteroatoms. The second-order valence-electron chi connectivity index (χ2n) is 6.94. The summed E-state index contributed by atoms with van der Waals surface area (Å²) in [6.45, 7) is 12.1. The van der Waals surface area contributed by atoms with Crippen molar-refractivity contribution in [2.45, 2.75) is 46.0 Å². The van der Waals surface area contributed by atoms with Gasteiger partial charge in [0, 0.05) is 0 Å². The number of rotatable bonds is 5. The summed E-state index contributed by atoms with van der Waals surface area (Å²) in [7, 11) is 0. The molecule has 2 aliphatic carbocycles. The van der Waals surface area contributed by atoms with Gasteiger partial charge < -0.3 is 0 Å². The standard InChI is InChI=1S/C23H24.C4H8/c1-18(20-10-5-3-6-11-20)16-19(2)22-14-9-15-23(17-22)21-12-7-4-8-13-21;1-3-4-2/h3-5,7-8,10,12-13,15-17H,2,6,9,11,14H2,1H3;3H,1,4H2,2H3/b18-16+;.